The summed E-state index contributed by atoms with van der Waals surface area (Å²) in [5.41, 5.74) is 0.982. The van der Waals surface area contributed by atoms with Crippen LogP contribution < -0.4 is 4.31 Å². The molecule has 0 radical (unpaired) electrons. The summed E-state index contributed by atoms with van der Waals surface area (Å²) in [4.78, 5) is 10.1. The van der Waals surface area contributed by atoms with Crippen molar-refractivity contribution in [3.63, 3.8) is 0 Å². The lowest BCUT2D eigenvalue weighted by atomic mass is 10.2. The van der Waals surface area contributed by atoms with Crippen LogP contribution in [0.4, 0.5) is 11.4 Å². The number of aryl methyl sites for hydroxylation is 1. The first-order valence-electron chi connectivity index (χ1n) is 6.91. The number of nitro benzene ring substituents is 1. The Bertz CT molecular complexity index is 879. The molecule has 6 nitrogen and oxygen atoms in total. The molecule has 0 saturated carbocycles. The Morgan fingerprint density at radius 1 is 1.25 bits per heavy atom. The third kappa shape index (κ3) is 3.58. The van der Waals surface area contributed by atoms with Crippen LogP contribution in [0, 0.1) is 17.0 Å². The number of nitrogens with zero attached hydrogens (tertiary/aromatic N) is 2. The van der Waals surface area contributed by atoms with Crippen LogP contribution in [0.5, 0.6) is 0 Å². The predicted molar refractivity (Wildman–Crippen MR) is 94.0 cm³/mol. The van der Waals surface area contributed by atoms with Crippen LogP contribution in [0.1, 0.15) is 5.56 Å². The molecule has 0 saturated heterocycles. The maximum Gasteiger partial charge on any atom is 0.269 e. The first kappa shape index (κ1) is 18.0. The zero-order chi connectivity index (χ0) is 17.9. The Morgan fingerprint density at radius 3 is 2.42 bits per heavy atom. The molecular weight excluding hydrogens is 352 g/mol. The van der Waals surface area contributed by atoms with E-state index in [4.69, 9.17) is 11.6 Å². The summed E-state index contributed by atoms with van der Waals surface area (Å²) in [6.45, 7) is 5.41. The third-order valence-corrected chi connectivity index (χ3v) is 5.40. The summed E-state index contributed by atoms with van der Waals surface area (Å²) in [5.74, 6) is 0. The van der Waals surface area contributed by atoms with Crippen molar-refractivity contribution in [3.05, 3.63) is 75.8 Å². The van der Waals surface area contributed by atoms with E-state index in [2.05, 4.69) is 6.58 Å². The van der Waals surface area contributed by atoms with E-state index in [0.717, 1.165) is 17.7 Å². The molecule has 0 N–H and O–H groups in total. The molecule has 2 aromatic carbocycles. The van der Waals surface area contributed by atoms with E-state index in [1.807, 2.05) is 0 Å². The number of hydrogen-bond donors (Lipinski definition) is 0. The maximum atomic E-state index is 12.9. The second-order valence-corrected chi connectivity index (χ2v) is 7.31. The Hall–Kier alpha value is -2.38. The van der Waals surface area contributed by atoms with Crippen LogP contribution >= 0.6 is 11.6 Å². The van der Waals surface area contributed by atoms with Crippen LogP contribution in [-0.2, 0) is 10.0 Å². The molecule has 0 aliphatic rings. The van der Waals surface area contributed by atoms with Gasteiger partial charge in [-0.25, -0.2) is 8.42 Å². The summed E-state index contributed by atoms with van der Waals surface area (Å²) in [5, 5.41) is 11.1. The van der Waals surface area contributed by atoms with E-state index in [1.165, 1.54) is 22.5 Å². The Labute approximate surface area is 145 Å². The van der Waals surface area contributed by atoms with Crippen LogP contribution in [0.15, 0.2) is 60.0 Å². The fourth-order valence-corrected chi connectivity index (χ4v) is 3.82. The van der Waals surface area contributed by atoms with E-state index in [1.54, 1.807) is 25.1 Å². The van der Waals surface area contributed by atoms with Crippen LogP contribution in [0.25, 0.3) is 0 Å². The molecule has 0 spiro atoms. The first-order chi connectivity index (χ1) is 11.3. The van der Waals surface area contributed by atoms with Crippen molar-refractivity contribution in [2.24, 2.45) is 0 Å². The number of benzene rings is 2. The van der Waals surface area contributed by atoms with E-state index in [-0.39, 0.29) is 17.1 Å². The minimum atomic E-state index is -3.92. The van der Waals surface area contributed by atoms with Gasteiger partial charge in [0, 0.05) is 17.2 Å². The quantitative estimate of drug-likeness (QED) is 0.440. The highest BCUT2D eigenvalue weighted by atomic mass is 35.5. The van der Waals surface area contributed by atoms with Crippen LogP contribution in [0.3, 0.4) is 0 Å². The molecule has 126 valence electrons. The topological polar surface area (TPSA) is 80.5 Å². The van der Waals surface area contributed by atoms with Crippen molar-refractivity contribution in [2.45, 2.75) is 11.8 Å². The minimum absolute atomic E-state index is 0.0422. The Kier molecular flexibility index (Phi) is 5.26. The second-order valence-electron chi connectivity index (χ2n) is 5.01. The lowest BCUT2D eigenvalue weighted by Gasteiger charge is -2.25. The van der Waals surface area contributed by atoms with Crippen molar-refractivity contribution in [3.8, 4) is 0 Å². The second kappa shape index (κ2) is 7.02. The number of halogens is 1. The molecule has 2 aromatic rings. The lowest BCUT2D eigenvalue weighted by Crippen LogP contribution is -2.31. The van der Waals surface area contributed by atoms with Crippen molar-refractivity contribution < 1.29 is 13.3 Å². The molecule has 0 aromatic heterocycles. The van der Waals surface area contributed by atoms with Crippen LogP contribution in [0.2, 0.25) is 5.02 Å². The SMILES string of the molecule is C=CCN(c1cc(Cl)ccc1C)S(=O)(=O)c1ccc([N+](=O)[O-])cc1. The molecular formula is C16H15ClN2O4S. The molecule has 0 amide bonds. The fourth-order valence-electron chi connectivity index (χ4n) is 2.16. The molecule has 8 heteroatoms. The van der Waals surface area contributed by atoms with Gasteiger partial charge in [-0.3, -0.25) is 14.4 Å². The molecule has 0 heterocycles. The van der Waals surface area contributed by atoms with Gasteiger partial charge in [-0.05, 0) is 36.8 Å². The Morgan fingerprint density at radius 2 is 1.88 bits per heavy atom. The standard InChI is InChI=1S/C16H15ClN2O4S/c1-3-10-18(16-11-13(17)5-4-12(16)2)24(22,23)15-8-6-14(7-9-15)19(20)21/h3-9,11H,1,10H2,2H3. The van der Waals surface area contributed by atoms with E-state index >= 15 is 0 Å². The summed E-state index contributed by atoms with van der Waals surface area (Å²) < 4.78 is 27.0. The van der Waals surface area contributed by atoms with Crippen molar-refractivity contribution in [2.75, 3.05) is 10.8 Å². The van der Waals surface area contributed by atoms with Gasteiger partial charge in [0.25, 0.3) is 15.7 Å². The highest BCUT2D eigenvalue weighted by Gasteiger charge is 2.26. The molecule has 2 rings (SSSR count). The number of non-ortho nitro benzene ring substituents is 1. The molecule has 0 aliphatic heterocycles. The average molecular weight is 367 g/mol. The van der Waals surface area contributed by atoms with Gasteiger partial charge in [0.2, 0.25) is 0 Å². The van der Waals surface area contributed by atoms with Gasteiger partial charge < -0.3 is 0 Å². The van der Waals surface area contributed by atoms with E-state index in [0.29, 0.717) is 10.7 Å². The number of anilines is 1. The predicted octanol–water partition coefficient (Wildman–Crippen LogP) is 3.94. The third-order valence-electron chi connectivity index (χ3n) is 3.37. The summed E-state index contributed by atoms with van der Waals surface area (Å²) in [6.07, 6.45) is 1.46. The van der Waals surface area contributed by atoms with Gasteiger partial charge in [0.05, 0.1) is 22.1 Å². The van der Waals surface area contributed by atoms with Gasteiger partial charge in [0.1, 0.15) is 0 Å². The van der Waals surface area contributed by atoms with Gasteiger partial charge in [-0.1, -0.05) is 23.7 Å². The molecule has 0 unspecified atom stereocenters. The molecule has 0 fully saturated rings. The zero-order valence-electron chi connectivity index (χ0n) is 12.8. The minimum Gasteiger partial charge on any atom is -0.262 e. The van der Waals surface area contributed by atoms with Gasteiger partial charge >= 0.3 is 0 Å². The zero-order valence-corrected chi connectivity index (χ0v) is 14.4. The normalized spacial score (nSPS) is 11.1. The number of sulfonamides is 1. The number of nitro groups is 1. The highest BCUT2D eigenvalue weighted by molar-refractivity contribution is 7.92. The van der Waals surface area contributed by atoms with Crippen molar-refractivity contribution >= 4 is 33.0 Å². The van der Waals surface area contributed by atoms with E-state index in [9.17, 15) is 18.5 Å². The van der Waals surface area contributed by atoms with Crippen LogP contribution in [-0.4, -0.2) is 19.9 Å². The molecule has 0 atom stereocenters. The van der Waals surface area contributed by atoms with Gasteiger partial charge in [-0.2, -0.15) is 0 Å². The number of hydrogen-bond acceptors (Lipinski definition) is 4. The number of rotatable bonds is 6. The lowest BCUT2D eigenvalue weighted by molar-refractivity contribution is -0.384. The summed E-state index contributed by atoms with van der Waals surface area (Å²) in [7, 11) is -3.92. The average Bonchev–Trinajstić information content (AvgIpc) is 2.55. The highest BCUT2D eigenvalue weighted by Crippen LogP contribution is 2.30. The van der Waals surface area contributed by atoms with Crippen molar-refractivity contribution in [1.29, 1.82) is 0 Å². The smallest absolute Gasteiger partial charge is 0.262 e. The summed E-state index contributed by atoms with van der Waals surface area (Å²) in [6, 6.07) is 9.69. The molecule has 0 aliphatic carbocycles. The van der Waals surface area contributed by atoms with Gasteiger partial charge in [-0.15, -0.1) is 6.58 Å². The molecule has 0 bridgehead atoms. The monoisotopic (exact) mass is 366 g/mol. The van der Waals surface area contributed by atoms with Crippen molar-refractivity contribution in [1.82, 2.24) is 0 Å². The first-order valence-corrected chi connectivity index (χ1v) is 8.73. The van der Waals surface area contributed by atoms with E-state index < -0.39 is 14.9 Å². The fraction of sp³-hybridized carbons (Fsp3) is 0.125. The van der Waals surface area contributed by atoms with Gasteiger partial charge in [0.15, 0.2) is 0 Å². The largest absolute Gasteiger partial charge is 0.269 e. The maximum absolute atomic E-state index is 12.9. The summed E-state index contributed by atoms with van der Waals surface area (Å²) >= 11 is 5.99. The Balaban J connectivity index is 2.54. The molecule has 24 heavy (non-hydrogen) atoms.